The van der Waals surface area contributed by atoms with Crippen LogP contribution in [0.2, 0.25) is 0 Å². The quantitative estimate of drug-likeness (QED) is 0.253. The molecule has 0 radical (unpaired) electrons. The van der Waals surface area contributed by atoms with Crippen molar-refractivity contribution < 1.29 is 14.9 Å². The van der Waals surface area contributed by atoms with Crippen LogP contribution in [-0.2, 0) is 0 Å². The van der Waals surface area contributed by atoms with Crippen molar-refractivity contribution >= 4 is 0 Å². The zero-order chi connectivity index (χ0) is 19.3. The molecule has 0 bridgehead atoms. The number of unbranched alkanes of at least 4 members (excludes halogenated alkanes) is 7. The number of para-hydroxylation sites is 1. The average molecular weight is 365 g/mol. The van der Waals surface area contributed by atoms with Crippen LogP contribution in [0.4, 0.5) is 0 Å². The maximum absolute atomic E-state index is 10.2. The van der Waals surface area contributed by atoms with Gasteiger partial charge in [0.25, 0.3) is 0 Å². The third-order valence-electron chi connectivity index (χ3n) is 5.26. The number of phenols is 2. The SMILES string of the molecule is CCCCCCCCC(CCCC)(CCCC)Oc1cccc(O)c1O. The van der Waals surface area contributed by atoms with Gasteiger partial charge < -0.3 is 14.9 Å². The summed E-state index contributed by atoms with van der Waals surface area (Å²) in [6.45, 7) is 6.67. The van der Waals surface area contributed by atoms with E-state index in [1.807, 2.05) is 0 Å². The molecule has 0 fully saturated rings. The van der Waals surface area contributed by atoms with Crippen LogP contribution < -0.4 is 4.74 Å². The lowest BCUT2D eigenvalue weighted by Crippen LogP contribution is -2.36. The van der Waals surface area contributed by atoms with Gasteiger partial charge in [-0.1, -0.05) is 71.8 Å². The van der Waals surface area contributed by atoms with Crippen LogP contribution in [0.1, 0.15) is 104 Å². The van der Waals surface area contributed by atoms with Crippen LogP contribution in [0.3, 0.4) is 0 Å². The minimum atomic E-state index is -0.234. The van der Waals surface area contributed by atoms with Gasteiger partial charge in [0.2, 0.25) is 5.75 Å². The first-order chi connectivity index (χ1) is 12.6. The molecular weight excluding hydrogens is 324 g/mol. The van der Waals surface area contributed by atoms with Crippen molar-refractivity contribution in [1.29, 1.82) is 0 Å². The summed E-state index contributed by atoms with van der Waals surface area (Å²) < 4.78 is 6.44. The number of ether oxygens (including phenoxy) is 1. The maximum Gasteiger partial charge on any atom is 0.200 e. The Bertz CT molecular complexity index is 476. The first kappa shape index (κ1) is 22.7. The zero-order valence-electron chi connectivity index (χ0n) is 17.2. The molecule has 0 amide bonds. The summed E-state index contributed by atoms with van der Waals surface area (Å²) >= 11 is 0. The molecule has 3 nitrogen and oxygen atoms in total. The van der Waals surface area contributed by atoms with Crippen LogP contribution in [0.15, 0.2) is 18.2 Å². The van der Waals surface area contributed by atoms with Gasteiger partial charge in [0.1, 0.15) is 5.60 Å². The van der Waals surface area contributed by atoms with Gasteiger partial charge >= 0.3 is 0 Å². The predicted molar refractivity (Wildman–Crippen MR) is 110 cm³/mol. The first-order valence-electron chi connectivity index (χ1n) is 10.8. The van der Waals surface area contributed by atoms with E-state index in [2.05, 4.69) is 20.8 Å². The standard InChI is InChI=1S/C23H40O3/c1-4-7-10-11-12-13-19-23(17-8-5-2,18-9-6-3)26-21-16-14-15-20(24)22(21)25/h14-16,24-25H,4-13,17-19H2,1-3H3. The molecule has 0 unspecified atom stereocenters. The molecule has 0 saturated carbocycles. The highest BCUT2D eigenvalue weighted by atomic mass is 16.5. The summed E-state index contributed by atoms with van der Waals surface area (Å²) in [5.41, 5.74) is -0.234. The number of rotatable bonds is 15. The fourth-order valence-corrected chi connectivity index (χ4v) is 3.58. The van der Waals surface area contributed by atoms with Crippen LogP contribution in [0, 0.1) is 0 Å². The van der Waals surface area contributed by atoms with Crippen molar-refractivity contribution in [3.8, 4) is 17.2 Å². The van der Waals surface area contributed by atoms with Crippen molar-refractivity contribution in [3.05, 3.63) is 18.2 Å². The normalized spacial score (nSPS) is 11.7. The number of hydrogen-bond acceptors (Lipinski definition) is 3. The highest BCUT2D eigenvalue weighted by Crippen LogP contribution is 2.40. The van der Waals surface area contributed by atoms with Gasteiger partial charge in [0.05, 0.1) is 0 Å². The second-order valence-corrected chi connectivity index (χ2v) is 7.63. The van der Waals surface area contributed by atoms with E-state index >= 15 is 0 Å². The van der Waals surface area contributed by atoms with E-state index in [4.69, 9.17) is 4.74 Å². The predicted octanol–water partition coefficient (Wildman–Crippen LogP) is 7.35. The lowest BCUT2D eigenvalue weighted by atomic mass is 9.85. The fraction of sp³-hybridized carbons (Fsp3) is 0.739. The van der Waals surface area contributed by atoms with Gasteiger partial charge in [-0.05, 0) is 50.7 Å². The molecule has 0 aliphatic rings. The maximum atomic E-state index is 10.2. The van der Waals surface area contributed by atoms with E-state index in [0.29, 0.717) is 5.75 Å². The van der Waals surface area contributed by atoms with Crippen molar-refractivity contribution in [2.24, 2.45) is 0 Å². The molecule has 150 valence electrons. The van der Waals surface area contributed by atoms with Gasteiger partial charge in [0, 0.05) is 0 Å². The first-order valence-corrected chi connectivity index (χ1v) is 10.8. The van der Waals surface area contributed by atoms with Crippen molar-refractivity contribution in [3.63, 3.8) is 0 Å². The summed E-state index contributed by atoms with van der Waals surface area (Å²) in [5.74, 6) is 0.179. The molecule has 2 N–H and O–H groups in total. The van der Waals surface area contributed by atoms with Crippen molar-refractivity contribution in [2.75, 3.05) is 0 Å². The molecule has 3 heteroatoms. The Kier molecular flexibility index (Phi) is 11.2. The molecule has 1 rings (SSSR count). The number of phenolic OH excluding ortho intramolecular Hbond substituents is 2. The Morgan fingerprint density at radius 1 is 0.731 bits per heavy atom. The molecule has 1 aromatic rings. The van der Waals surface area contributed by atoms with Gasteiger partial charge in [-0.15, -0.1) is 0 Å². The van der Waals surface area contributed by atoms with Crippen molar-refractivity contribution in [2.45, 2.75) is 110 Å². The summed E-state index contributed by atoms with van der Waals surface area (Å²) in [6, 6.07) is 5.00. The molecule has 0 aliphatic heterocycles. The molecule has 0 saturated heterocycles. The Morgan fingerprint density at radius 3 is 1.88 bits per heavy atom. The van der Waals surface area contributed by atoms with Crippen LogP contribution in [-0.4, -0.2) is 15.8 Å². The second kappa shape index (κ2) is 12.9. The van der Waals surface area contributed by atoms with Crippen molar-refractivity contribution in [1.82, 2.24) is 0 Å². The van der Waals surface area contributed by atoms with Crippen LogP contribution in [0.5, 0.6) is 17.2 Å². The molecule has 0 atom stereocenters. The third kappa shape index (κ3) is 7.88. The highest BCUT2D eigenvalue weighted by molar-refractivity contribution is 5.49. The summed E-state index contributed by atoms with van der Waals surface area (Å²) in [4.78, 5) is 0. The minimum absolute atomic E-state index is 0.109. The van der Waals surface area contributed by atoms with E-state index in [1.165, 1.54) is 38.2 Å². The second-order valence-electron chi connectivity index (χ2n) is 7.63. The Labute approximate surface area is 160 Å². The zero-order valence-corrected chi connectivity index (χ0v) is 17.2. The summed E-state index contributed by atoms with van der Waals surface area (Å²) in [7, 11) is 0. The van der Waals surface area contributed by atoms with E-state index in [1.54, 1.807) is 12.1 Å². The Hall–Kier alpha value is -1.38. The highest BCUT2D eigenvalue weighted by Gasteiger charge is 2.32. The molecule has 0 aliphatic carbocycles. The largest absolute Gasteiger partial charge is 0.504 e. The number of aromatic hydroxyl groups is 2. The molecule has 26 heavy (non-hydrogen) atoms. The minimum Gasteiger partial charge on any atom is -0.504 e. The van der Waals surface area contributed by atoms with Gasteiger partial charge in [-0.25, -0.2) is 0 Å². The topological polar surface area (TPSA) is 49.7 Å². The van der Waals surface area contributed by atoms with Crippen LogP contribution >= 0.6 is 0 Å². The average Bonchev–Trinajstić information content (AvgIpc) is 2.65. The van der Waals surface area contributed by atoms with E-state index in [-0.39, 0.29) is 17.1 Å². The number of hydrogen-bond donors (Lipinski definition) is 2. The molecular formula is C23H40O3. The van der Waals surface area contributed by atoms with Gasteiger partial charge in [-0.2, -0.15) is 0 Å². The third-order valence-corrected chi connectivity index (χ3v) is 5.26. The summed E-state index contributed by atoms with van der Waals surface area (Å²) in [5, 5.41) is 20.0. The molecule has 0 heterocycles. The van der Waals surface area contributed by atoms with Gasteiger partial charge in [0.15, 0.2) is 11.5 Å². The lowest BCUT2D eigenvalue weighted by Gasteiger charge is -2.35. The fourth-order valence-electron chi connectivity index (χ4n) is 3.58. The molecule has 1 aromatic carbocycles. The molecule has 0 spiro atoms. The van der Waals surface area contributed by atoms with Gasteiger partial charge in [-0.3, -0.25) is 0 Å². The van der Waals surface area contributed by atoms with Crippen LogP contribution in [0.25, 0.3) is 0 Å². The lowest BCUT2D eigenvalue weighted by molar-refractivity contribution is 0.0314. The summed E-state index contributed by atoms with van der Waals surface area (Å²) in [6.07, 6.45) is 15.2. The molecule has 0 aromatic heterocycles. The van der Waals surface area contributed by atoms with E-state index in [9.17, 15) is 10.2 Å². The smallest absolute Gasteiger partial charge is 0.200 e. The van der Waals surface area contributed by atoms with E-state index in [0.717, 1.165) is 51.4 Å². The Morgan fingerprint density at radius 2 is 1.27 bits per heavy atom. The van der Waals surface area contributed by atoms with E-state index < -0.39 is 0 Å². The number of benzene rings is 1. The monoisotopic (exact) mass is 364 g/mol. The Balaban J connectivity index is 2.84.